The molecule has 5 heteroatoms. The Balaban J connectivity index is 1.89. The summed E-state index contributed by atoms with van der Waals surface area (Å²) in [7, 11) is 0. The third-order valence-corrected chi connectivity index (χ3v) is 3.11. The predicted molar refractivity (Wildman–Crippen MR) is 61.7 cm³/mol. The quantitative estimate of drug-likeness (QED) is 0.604. The fraction of sp³-hybridized carbons (Fsp3) is 0.385. The van der Waals surface area contributed by atoms with Crippen molar-refractivity contribution in [1.82, 2.24) is 0 Å². The Hall–Kier alpha value is -1.88. The normalized spacial score (nSPS) is 17.8. The number of aliphatic hydroxyl groups excluding tert-OH is 1. The number of esters is 1. The van der Waals surface area contributed by atoms with Crippen LogP contribution >= 0.6 is 0 Å². The number of carbonyl (C=O) groups excluding carboxylic acids is 1. The Bertz CT molecular complexity index is 450. The van der Waals surface area contributed by atoms with Crippen molar-refractivity contribution in [3.63, 3.8) is 0 Å². The zero-order valence-electron chi connectivity index (χ0n) is 9.70. The molecule has 1 unspecified atom stereocenters. The monoisotopic (exact) mass is 250 g/mol. The molecule has 1 aromatic carbocycles. The van der Waals surface area contributed by atoms with Crippen LogP contribution in [0, 0.1) is 5.41 Å². The van der Waals surface area contributed by atoms with Crippen molar-refractivity contribution in [1.29, 1.82) is 0 Å². The van der Waals surface area contributed by atoms with Crippen LogP contribution in [0.1, 0.15) is 24.5 Å². The topological polar surface area (TPSA) is 83.8 Å². The zero-order chi connectivity index (χ0) is 13.2. The summed E-state index contributed by atoms with van der Waals surface area (Å²) in [6.45, 7) is -0.224. The van der Waals surface area contributed by atoms with Gasteiger partial charge in [-0.25, -0.2) is 0 Å². The first-order valence-corrected chi connectivity index (χ1v) is 5.70. The Morgan fingerprint density at radius 3 is 2.39 bits per heavy atom. The van der Waals surface area contributed by atoms with Gasteiger partial charge in [0.2, 0.25) is 0 Å². The van der Waals surface area contributed by atoms with E-state index in [-0.39, 0.29) is 6.61 Å². The number of benzene rings is 1. The SMILES string of the molecule is O=C(O)C1(C(=O)OCC(O)c2ccccc2)CC1. The molecule has 0 saturated heterocycles. The van der Waals surface area contributed by atoms with E-state index in [1.165, 1.54) is 0 Å². The fourth-order valence-corrected chi connectivity index (χ4v) is 1.69. The lowest BCUT2D eigenvalue weighted by molar-refractivity contribution is -0.163. The van der Waals surface area contributed by atoms with Gasteiger partial charge in [-0.3, -0.25) is 9.59 Å². The maximum Gasteiger partial charge on any atom is 0.323 e. The smallest absolute Gasteiger partial charge is 0.323 e. The van der Waals surface area contributed by atoms with E-state index in [1.807, 2.05) is 6.07 Å². The van der Waals surface area contributed by atoms with E-state index in [9.17, 15) is 14.7 Å². The van der Waals surface area contributed by atoms with E-state index in [0.717, 1.165) is 0 Å². The summed E-state index contributed by atoms with van der Waals surface area (Å²) in [5, 5.41) is 18.7. The number of hydrogen-bond acceptors (Lipinski definition) is 4. The molecule has 96 valence electrons. The number of aliphatic carboxylic acids is 1. The molecule has 1 atom stereocenters. The molecule has 0 spiro atoms. The second-order valence-corrected chi connectivity index (χ2v) is 4.41. The summed E-state index contributed by atoms with van der Waals surface area (Å²) in [6.07, 6.45) is -0.315. The van der Waals surface area contributed by atoms with Crippen LogP contribution in [0.25, 0.3) is 0 Å². The lowest BCUT2D eigenvalue weighted by atomic mass is 10.1. The van der Waals surface area contributed by atoms with Crippen LogP contribution in [0.15, 0.2) is 30.3 Å². The van der Waals surface area contributed by atoms with E-state index >= 15 is 0 Å². The number of rotatable bonds is 5. The molecule has 1 fully saturated rings. The van der Waals surface area contributed by atoms with Crippen LogP contribution in [0.3, 0.4) is 0 Å². The maximum atomic E-state index is 11.6. The second-order valence-electron chi connectivity index (χ2n) is 4.41. The van der Waals surface area contributed by atoms with Gasteiger partial charge in [-0.2, -0.15) is 0 Å². The average Bonchev–Trinajstić information content (AvgIpc) is 3.18. The average molecular weight is 250 g/mol. The predicted octanol–water partition coefficient (Wildman–Crippen LogP) is 1.13. The molecule has 0 heterocycles. The van der Waals surface area contributed by atoms with Crippen molar-refractivity contribution < 1.29 is 24.5 Å². The highest BCUT2D eigenvalue weighted by Gasteiger charge is 2.58. The van der Waals surface area contributed by atoms with Crippen LogP contribution in [-0.4, -0.2) is 28.8 Å². The molecule has 2 rings (SSSR count). The minimum absolute atomic E-state index is 0.224. The summed E-state index contributed by atoms with van der Waals surface area (Å²) < 4.78 is 4.88. The van der Waals surface area contributed by atoms with E-state index in [4.69, 9.17) is 9.84 Å². The van der Waals surface area contributed by atoms with Crippen LogP contribution in [0.5, 0.6) is 0 Å². The molecule has 0 bridgehead atoms. The number of aliphatic hydroxyl groups is 1. The lowest BCUT2D eigenvalue weighted by Crippen LogP contribution is -2.28. The van der Waals surface area contributed by atoms with E-state index in [0.29, 0.717) is 18.4 Å². The Labute approximate surface area is 104 Å². The standard InChI is InChI=1S/C13H14O5/c14-10(9-4-2-1-3-5-9)8-18-12(17)13(6-7-13)11(15)16/h1-5,10,14H,6-8H2,(H,15,16). The van der Waals surface area contributed by atoms with Gasteiger partial charge in [-0.1, -0.05) is 30.3 Å². The minimum Gasteiger partial charge on any atom is -0.480 e. The van der Waals surface area contributed by atoms with Crippen molar-refractivity contribution in [2.24, 2.45) is 5.41 Å². The van der Waals surface area contributed by atoms with E-state index < -0.39 is 23.5 Å². The summed E-state index contributed by atoms with van der Waals surface area (Å²) >= 11 is 0. The molecule has 1 aliphatic carbocycles. The largest absolute Gasteiger partial charge is 0.480 e. The Kier molecular flexibility index (Phi) is 3.34. The van der Waals surface area contributed by atoms with E-state index in [1.54, 1.807) is 24.3 Å². The van der Waals surface area contributed by atoms with Crippen LogP contribution in [-0.2, 0) is 14.3 Å². The third kappa shape index (κ3) is 2.36. The van der Waals surface area contributed by atoms with Crippen LogP contribution < -0.4 is 0 Å². The van der Waals surface area contributed by atoms with Crippen LogP contribution in [0.4, 0.5) is 0 Å². The van der Waals surface area contributed by atoms with Crippen molar-refractivity contribution >= 4 is 11.9 Å². The first kappa shape index (κ1) is 12.6. The van der Waals surface area contributed by atoms with Crippen molar-refractivity contribution in [2.45, 2.75) is 18.9 Å². The number of ether oxygens (including phenoxy) is 1. The first-order chi connectivity index (χ1) is 8.56. The minimum atomic E-state index is -1.36. The maximum absolute atomic E-state index is 11.6. The van der Waals surface area contributed by atoms with Crippen LogP contribution in [0.2, 0.25) is 0 Å². The molecule has 1 aromatic rings. The molecular formula is C13H14O5. The van der Waals surface area contributed by atoms with Gasteiger partial charge in [-0.15, -0.1) is 0 Å². The summed E-state index contributed by atoms with van der Waals surface area (Å²) in [6, 6.07) is 8.76. The number of carboxylic acids is 1. The van der Waals surface area contributed by atoms with E-state index in [2.05, 4.69) is 0 Å². The highest BCUT2D eigenvalue weighted by molar-refractivity contribution is 6.02. The molecule has 0 radical (unpaired) electrons. The molecular weight excluding hydrogens is 236 g/mol. The molecule has 5 nitrogen and oxygen atoms in total. The van der Waals surface area contributed by atoms with Gasteiger partial charge < -0.3 is 14.9 Å². The summed E-state index contributed by atoms with van der Waals surface area (Å²) in [5.74, 6) is -1.91. The molecule has 0 amide bonds. The molecule has 1 saturated carbocycles. The lowest BCUT2D eigenvalue weighted by Gasteiger charge is -2.14. The zero-order valence-corrected chi connectivity index (χ0v) is 9.70. The first-order valence-electron chi connectivity index (χ1n) is 5.70. The van der Waals surface area contributed by atoms with Crippen molar-refractivity contribution in [3.8, 4) is 0 Å². The van der Waals surface area contributed by atoms with Gasteiger partial charge in [0.05, 0.1) is 0 Å². The van der Waals surface area contributed by atoms with Gasteiger partial charge in [0.1, 0.15) is 12.7 Å². The summed E-state index contributed by atoms with van der Waals surface area (Å²) in [4.78, 5) is 22.5. The second kappa shape index (κ2) is 4.78. The number of hydrogen-bond donors (Lipinski definition) is 2. The Morgan fingerprint density at radius 1 is 1.28 bits per heavy atom. The molecule has 0 aromatic heterocycles. The third-order valence-electron chi connectivity index (χ3n) is 3.11. The van der Waals surface area contributed by atoms with Gasteiger partial charge in [0, 0.05) is 0 Å². The van der Waals surface area contributed by atoms with Crippen molar-refractivity contribution in [3.05, 3.63) is 35.9 Å². The Morgan fingerprint density at radius 2 is 1.89 bits per heavy atom. The molecule has 1 aliphatic rings. The number of carbonyl (C=O) groups is 2. The molecule has 18 heavy (non-hydrogen) atoms. The van der Waals surface area contributed by atoms with Gasteiger partial charge in [-0.05, 0) is 18.4 Å². The number of carboxylic acid groups (broad SMARTS) is 1. The highest BCUT2D eigenvalue weighted by Crippen LogP contribution is 2.47. The van der Waals surface area contributed by atoms with Crippen molar-refractivity contribution in [2.75, 3.05) is 6.61 Å². The summed E-state index contributed by atoms with van der Waals surface area (Å²) in [5.41, 5.74) is -0.735. The fourth-order valence-electron chi connectivity index (χ4n) is 1.69. The molecule has 0 aliphatic heterocycles. The molecule has 2 N–H and O–H groups in total. The van der Waals surface area contributed by atoms with Gasteiger partial charge in [0.15, 0.2) is 5.41 Å². The van der Waals surface area contributed by atoms with Gasteiger partial charge in [0.25, 0.3) is 0 Å². The van der Waals surface area contributed by atoms with Gasteiger partial charge >= 0.3 is 11.9 Å². The highest BCUT2D eigenvalue weighted by atomic mass is 16.5.